The molecule has 0 bridgehead atoms. The number of nitrogens with zero attached hydrogens (tertiary/aromatic N) is 5. The Hall–Kier alpha value is -3.89. The summed E-state index contributed by atoms with van der Waals surface area (Å²) in [7, 11) is 0. The van der Waals surface area contributed by atoms with E-state index < -0.39 is 17.9 Å². The van der Waals surface area contributed by atoms with Gasteiger partial charge in [-0.3, -0.25) is 9.20 Å². The molecule has 11 heteroatoms. The third kappa shape index (κ3) is 3.39. The Kier molecular flexibility index (Phi) is 4.45. The number of anilines is 1. The maximum Gasteiger partial charge on any atom is 0.433 e. The van der Waals surface area contributed by atoms with Gasteiger partial charge in [-0.2, -0.15) is 13.2 Å². The van der Waals surface area contributed by atoms with Crippen molar-refractivity contribution in [3.63, 3.8) is 0 Å². The maximum absolute atomic E-state index is 13.7. The van der Waals surface area contributed by atoms with E-state index >= 15 is 0 Å². The van der Waals surface area contributed by atoms with Gasteiger partial charge in [0, 0.05) is 17.7 Å². The van der Waals surface area contributed by atoms with E-state index in [1.165, 1.54) is 6.07 Å². The first kappa shape index (κ1) is 20.7. The van der Waals surface area contributed by atoms with Gasteiger partial charge in [0.05, 0.1) is 29.6 Å². The van der Waals surface area contributed by atoms with Crippen LogP contribution >= 0.6 is 0 Å². The van der Waals surface area contributed by atoms with Crippen LogP contribution in [0.4, 0.5) is 19.0 Å². The predicted molar refractivity (Wildman–Crippen MR) is 116 cm³/mol. The van der Waals surface area contributed by atoms with Gasteiger partial charge in [0.15, 0.2) is 0 Å². The molecule has 0 saturated heterocycles. The number of fused-ring (bicyclic) bond motifs is 4. The van der Waals surface area contributed by atoms with Crippen LogP contribution in [-0.2, 0) is 6.18 Å². The van der Waals surface area contributed by atoms with Gasteiger partial charge in [-0.25, -0.2) is 15.0 Å². The predicted octanol–water partition coefficient (Wildman–Crippen LogP) is 3.86. The highest BCUT2D eigenvalue weighted by molar-refractivity contribution is 5.98. The highest BCUT2D eigenvalue weighted by Gasteiger charge is 2.40. The molecule has 3 aromatic heterocycles. The number of hydrogen-bond donors (Lipinski definition) is 1. The zero-order valence-electron chi connectivity index (χ0n) is 17.8. The van der Waals surface area contributed by atoms with E-state index in [1.807, 2.05) is 0 Å². The third-order valence-electron chi connectivity index (χ3n) is 6.33. The lowest BCUT2D eigenvalue weighted by atomic mass is 10.1. The minimum absolute atomic E-state index is 0.0551. The average molecular weight is 468 g/mol. The summed E-state index contributed by atoms with van der Waals surface area (Å²) in [4.78, 5) is 27.6. The molecule has 0 radical (unpaired) electrons. The number of rotatable bonds is 4. The van der Waals surface area contributed by atoms with Gasteiger partial charge in [-0.1, -0.05) is 0 Å². The minimum Gasteiger partial charge on any atom is -0.475 e. The van der Waals surface area contributed by atoms with E-state index in [9.17, 15) is 18.0 Å². The summed E-state index contributed by atoms with van der Waals surface area (Å²) >= 11 is 0. The lowest BCUT2D eigenvalue weighted by Crippen LogP contribution is -2.37. The molecule has 2 N–H and O–H groups in total. The van der Waals surface area contributed by atoms with Crippen molar-refractivity contribution in [3.05, 3.63) is 59.7 Å². The molecule has 4 heterocycles. The van der Waals surface area contributed by atoms with Crippen LogP contribution in [0.25, 0.3) is 16.6 Å². The SMILES string of the molecule is Nc1nc2ccc(C(=O)N(CC3CC3)[C@H]3COc4nc(C(F)(F)F)ccc43)cc2n2cncc12. The minimum atomic E-state index is -4.57. The number of carbonyl (C=O) groups is 1. The molecule has 174 valence electrons. The molecule has 1 atom stereocenters. The summed E-state index contributed by atoms with van der Waals surface area (Å²) in [5.74, 6) is 0.384. The van der Waals surface area contributed by atoms with Gasteiger partial charge in [-0.05, 0) is 49.1 Å². The monoisotopic (exact) mass is 468 g/mol. The molecular formula is C23H19F3N6O2. The standard InChI is InChI=1S/C23H19F3N6O2/c24-23(25,26)19-6-4-14-18(10-34-21(14)30-19)31(9-12-1-2-12)22(33)13-3-5-15-16(7-13)32-11-28-8-17(32)20(27)29-15/h3-8,11-12,18H,1-2,9-10H2,(H2,27,29)/t18-/m0/s1. The van der Waals surface area contributed by atoms with E-state index in [0.717, 1.165) is 18.9 Å². The highest BCUT2D eigenvalue weighted by Crippen LogP contribution is 2.41. The van der Waals surface area contributed by atoms with Gasteiger partial charge in [0.2, 0.25) is 5.88 Å². The Morgan fingerprint density at radius 3 is 2.76 bits per heavy atom. The number of nitrogen functional groups attached to an aromatic ring is 1. The van der Waals surface area contributed by atoms with Gasteiger partial charge in [0.25, 0.3) is 5.91 Å². The molecule has 1 aliphatic carbocycles. The van der Waals surface area contributed by atoms with Gasteiger partial charge in [-0.15, -0.1) is 0 Å². The molecule has 1 fully saturated rings. The number of alkyl halides is 3. The van der Waals surface area contributed by atoms with Crippen molar-refractivity contribution in [2.75, 3.05) is 18.9 Å². The normalized spacial score (nSPS) is 17.7. The van der Waals surface area contributed by atoms with Crippen LogP contribution in [0.3, 0.4) is 0 Å². The maximum atomic E-state index is 13.7. The number of aromatic nitrogens is 4. The zero-order chi connectivity index (χ0) is 23.6. The van der Waals surface area contributed by atoms with E-state index in [0.29, 0.717) is 46.0 Å². The Bertz CT molecular complexity index is 1450. The summed E-state index contributed by atoms with van der Waals surface area (Å²) in [6.07, 6.45) is 0.654. The van der Waals surface area contributed by atoms with Crippen LogP contribution in [0.2, 0.25) is 0 Å². The van der Waals surface area contributed by atoms with E-state index in [2.05, 4.69) is 15.0 Å². The Morgan fingerprint density at radius 2 is 2.00 bits per heavy atom. The van der Waals surface area contributed by atoms with Crippen molar-refractivity contribution < 1.29 is 22.7 Å². The molecular weight excluding hydrogens is 449 g/mol. The number of ether oxygens (including phenoxy) is 1. The smallest absolute Gasteiger partial charge is 0.433 e. The van der Waals surface area contributed by atoms with E-state index in [1.54, 1.807) is 40.0 Å². The van der Waals surface area contributed by atoms with Crippen LogP contribution in [0.5, 0.6) is 5.88 Å². The van der Waals surface area contributed by atoms with Gasteiger partial charge < -0.3 is 15.4 Å². The number of halogens is 3. The van der Waals surface area contributed by atoms with Crippen molar-refractivity contribution in [3.8, 4) is 5.88 Å². The van der Waals surface area contributed by atoms with Crippen LogP contribution in [0.15, 0.2) is 42.9 Å². The number of carbonyl (C=O) groups excluding carboxylic acids is 1. The van der Waals surface area contributed by atoms with Crippen LogP contribution in [0, 0.1) is 5.92 Å². The fourth-order valence-corrected chi connectivity index (χ4v) is 4.39. The average Bonchev–Trinajstić information content (AvgIpc) is 3.31. The summed E-state index contributed by atoms with van der Waals surface area (Å²) in [6, 6.07) is 6.91. The lowest BCUT2D eigenvalue weighted by Gasteiger charge is -2.28. The molecule has 34 heavy (non-hydrogen) atoms. The van der Waals surface area contributed by atoms with Crippen molar-refractivity contribution in [2.24, 2.45) is 5.92 Å². The van der Waals surface area contributed by atoms with Crippen molar-refractivity contribution in [1.29, 1.82) is 0 Å². The number of pyridine rings is 1. The third-order valence-corrected chi connectivity index (χ3v) is 6.33. The Morgan fingerprint density at radius 1 is 1.18 bits per heavy atom. The van der Waals surface area contributed by atoms with Crippen LogP contribution in [-0.4, -0.2) is 43.3 Å². The van der Waals surface area contributed by atoms with Crippen LogP contribution < -0.4 is 10.5 Å². The quantitative estimate of drug-likeness (QED) is 0.488. The first-order chi connectivity index (χ1) is 16.3. The van der Waals surface area contributed by atoms with Crippen molar-refractivity contribution in [2.45, 2.75) is 25.1 Å². The first-order valence-corrected chi connectivity index (χ1v) is 10.8. The van der Waals surface area contributed by atoms with Crippen LogP contribution in [0.1, 0.15) is 40.5 Å². The molecule has 6 rings (SSSR count). The molecule has 1 aliphatic heterocycles. The molecule has 0 unspecified atom stereocenters. The Balaban J connectivity index is 1.39. The van der Waals surface area contributed by atoms with Gasteiger partial charge >= 0.3 is 6.18 Å². The molecule has 8 nitrogen and oxygen atoms in total. The lowest BCUT2D eigenvalue weighted by molar-refractivity contribution is -0.141. The number of benzene rings is 1. The number of amides is 1. The summed E-state index contributed by atoms with van der Waals surface area (Å²) in [6.45, 7) is 0.547. The second kappa shape index (κ2) is 7.31. The number of nitrogens with two attached hydrogens (primary N) is 1. The highest BCUT2D eigenvalue weighted by atomic mass is 19.4. The second-order valence-electron chi connectivity index (χ2n) is 8.67. The molecule has 0 spiro atoms. The fourth-order valence-electron chi connectivity index (χ4n) is 4.39. The van der Waals surface area contributed by atoms with E-state index in [-0.39, 0.29) is 18.4 Å². The molecule has 4 aromatic rings. The number of hydrogen-bond acceptors (Lipinski definition) is 6. The Labute approximate surface area is 191 Å². The number of imidazole rings is 1. The first-order valence-electron chi connectivity index (χ1n) is 10.8. The molecule has 2 aliphatic rings. The van der Waals surface area contributed by atoms with Crippen molar-refractivity contribution >= 4 is 28.3 Å². The largest absolute Gasteiger partial charge is 0.475 e. The summed E-state index contributed by atoms with van der Waals surface area (Å²) < 4.78 is 46.5. The second-order valence-corrected chi connectivity index (χ2v) is 8.67. The molecule has 1 saturated carbocycles. The fraction of sp³-hybridized carbons (Fsp3) is 0.304. The summed E-state index contributed by atoms with van der Waals surface area (Å²) in [5.41, 5.74) is 7.83. The topological polar surface area (TPSA) is 98.6 Å². The zero-order valence-corrected chi connectivity index (χ0v) is 17.8. The summed E-state index contributed by atoms with van der Waals surface area (Å²) in [5, 5.41) is 0. The van der Waals surface area contributed by atoms with E-state index in [4.69, 9.17) is 10.5 Å². The molecule has 1 aromatic carbocycles. The molecule has 1 amide bonds. The van der Waals surface area contributed by atoms with Gasteiger partial charge in [0.1, 0.15) is 23.6 Å². The van der Waals surface area contributed by atoms with Crippen molar-refractivity contribution in [1.82, 2.24) is 24.3 Å².